The summed E-state index contributed by atoms with van der Waals surface area (Å²) in [6.45, 7) is 3.75. The molecular formula is C15H20Cl2N2O2. The molecule has 4 nitrogen and oxygen atoms in total. The molecular weight excluding hydrogens is 311 g/mol. The summed E-state index contributed by atoms with van der Waals surface area (Å²) in [6, 6.07) is 5.18. The summed E-state index contributed by atoms with van der Waals surface area (Å²) in [5.41, 5.74) is 0.884. The van der Waals surface area contributed by atoms with Crippen LogP contribution in [0.1, 0.15) is 23.2 Å². The molecule has 1 spiro atoms. The molecule has 0 aliphatic carbocycles. The predicted molar refractivity (Wildman–Crippen MR) is 85.7 cm³/mol. The monoisotopic (exact) mass is 330 g/mol. The number of methoxy groups -OCH3 is 1. The van der Waals surface area contributed by atoms with Gasteiger partial charge in [0.1, 0.15) is 5.75 Å². The topological polar surface area (TPSA) is 41.6 Å². The van der Waals surface area contributed by atoms with Crippen LogP contribution in [-0.4, -0.2) is 44.1 Å². The second-order valence-corrected chi connectivity index (χ2v) is 6.18. The fraction of sp³-hybridized carbons (Fsp3) is 0.533. The first-order chi connectivity index (χ1) is 9.63. The molecule has 0 bridgehead atoms. The Balaban J connectivity index is 0.00000161. The summed E-state index contributed by atoms with van der Waals surface area (Å²) < 4.78 is 5.28. The molecule has 21 heavy (non-hydrogen) atoms. The van der Waals surface area contributed by atoms with Gasteiger partial charge in [-0.3, -0.25) is 4.79 Å². The molecule has 1 unspecified atom stereocenters. The molecule has 0 saturated carbocycles. The van der Waals surface area contributed by atoms with Crippen LogP contribution in [0.25, 0.3) is 0 Å². The Bertz CT molecular complexity index is 530. The average molecular weight is 331 g/mol. The fourth-order valence-corrected chi connectivity index (χ4v) is 3.43. The number of halogens is 2. The van der Waals surface area contributed by atoms with Crippen molar-refractivity contribution in [2.75, 3.05) is 33.3 Å². The van der Waals surface area contributed by atoms with Gasteiger partial charge in [0.2, 0.25) is 0 Å². The SMILES string of the molecule is COc1cc(Cl)ccc1C(=O)N1CCC2(CCNC2)C1.Cl. The molecule has 1 aromatic rings. The van der Waals surface area contributed by atoms with E-state index in [0.717, 1.165) is 39.0 Å². The van der Waals surface area contributed by atoms with E-state index < -0.39 is 0 Å². The van der Waals surface area contributed by atoms with Crippen LogP contribution in [0.15, 0.2) is 18.2 Å². The van der Waals surface area contributed by atoms with Gasteiger partial charge in [-0.2, -0.15) is 0 Å². The quantitative estimate of drug-likeness (QED) is 0.906. The Morgan fingerprint density at radius 2 is 2.24 bits per heavy atom. The zero-order valence-electron chi connectivity index (χ0n) is 12.0. The van der Waals surface area contributed by atoms with Gasteiger partial charge >= 0.3 is 0 Å². The Kier molecular flexibility index (Phi) is 5.02. The molecule has 1 atom stereocenters. The first-order valence-electron chi connectivity index (χ1n) is 6.97. The van der Waals surface area contributed by atoms with Gasteiger partial charge in [0.15, 0.2) is 0 Å². The summed E-state index contributed by atoms with van der Waals surface area (Å²) in [6.07, 6.45) is 2.25. The highest BCUT2D eigenvalue weighted by molar-refractivity contribution is 6.30. The van der Waals surface area contributed by atoms with Gasteiger partial charge in [0, 0.05) is 30.1 Å². The largest absolute Gasteiger partial charge is 0.496 e. The number of hydrogen-bond donors (Lipinski definition) is 1. The first-order valence-corrected chi connectivity index (χ1v) is 7.35. The highest BCUT2D eigenvalue weighted by atomic mass is 35.5. The number of rotatable bonds is 2. The number of carbonyl (C=O) groups excluding carboxylic acids is 1. The Hall–Kier alpha value is -0.970. The summed E-state index contributed by atoms with van der Waals surface area (Å²) in [7, 11) is 1.56. The minimum Gasteiger partial charge on any atom is -0.496 e. The third kappa shape index (κ3) is 3.12. The lowest BCUT2D eigenvalue weighted by molar-refractivity contribution is 0.0772. The minimum atomic E-state index is 0. The maximum atomic E-state index is 12.7. The van der Waals surface area contributed by atoms with Crippen molar-refractivity contribution in [3.8, 4) is 5.75 Å². The summed E-state index contributed by atoms with van der Waals surface area (Å²) in [5.74, 6) is 0.593. The first kappa shape index (κ1) is 16.4. The van der Waals surface area contributed by atoms with Gasteiger partial charge in [-0.25, -0.2) is 0 Å². The van der Waals surface area contributed by atoms with Crippen molar-refractivity contribution in [2.45, 2.75) is 12.8 Å². The second kappa shape index (κ2) is 6.42. The zero-order valence-corrected chi connectivity index (χ0v) is 13.6. The minimum absolute atomic E-state index is 0. The molecule has 116 valence electrons. The summed E-state index contributed by atoms with van der Waals surface area (Å²) >= 11 is 5.95. The van der Waals surface area contributed by atoms with Crippen LogP contribution in [0.4, 0.5) is 0 Å². The molecule has 2 saturated heterocycles. The van der Waals surface area contributed by atoms with Crippen LogP contribution in [0.2, 0.25) is 5.02 Å². The normalized spacial score (nSPS) is 24.2. The molecule has 2 heterocycles. The van der Waals surface area contributed by atoms with Crippen LogP contribution in [0.3, 0.4) is 0 Å². The molecule has 2 aliphatic heterocycles. The van der Waals surface area contributed by atoms with Crippen LogP contribution in [-0.2, 0) is 0 Å². The van der Waals surface area contributed by atoms with Crippen molar-refractivity contribution in [1.82, 2.24) is 10.2 Å². The Morgan fingerprint density at radius 1 is 1.43 bits per heavy atom. The van der Waals surface area contributed by atoms with E-state index in [-0.39, 0.29) is 23.7 Å². The van der Waals surface area contributed by atoms with Crippen molar-refractivity contribution in [1.29, 1.82) is 0 Å². The van der Waals surface area contributed by atoms with E-state index in [1.54, 1.807) is 25.3 Å². The third-order valence-electron chi connectivity index (χ3n) is 4.45. The standard InChI is InChI=1S/C15H19ClN2O2.ClH/c1-20-13-8-11(16)2-3-12(13)14(19)18-7-5-15(10-18)4-6-17-9-15;/h2-3,8,17H,4-7,9-10H2,1H3;1H. The van der Waals surface area contributed by atoms with Gasteiger partial charge in [0.25, 0.3) is 5.91 Å². The number of amides is 1. The van der Waals surface area contributed by atoms with Gasteiger partial charge in [-0.15, -0.1) is 12.4 Å². The van der Waals surface area contributed by atoms with E-state index in [9.17, 15) is 4.79 Å². The second-order valence-electron chi connectivity index (χ2n) is 5.75. The number of likely N-dealkylation sites (tertiary alicyclic amines) is 1. The number of carbonyl (C=O) groups is 1. The average Bonchev–Trinajstić information content (AvgIpc) is 3.09. The number of hydrogen-bond acceptors (Lipinski definition) is 3. The molecule has 6 heteroatoms. The van der Waals surface area contributed by atoms with Crippen molar-refractivity contribution < 1.29 is 9.53 Å². The number of nitrogens with one attached hydrogen (secondary N) is 1. The van der Waals surface area contributed by atoms with Crippen LogP contribution in [0.5, 0.6) is 5.75 Å². The molecule has 2 aliphatic rings. The van der Waals surface area contributed by atoms with Gasteiger partial charge in [-0.1, -0.05) is 11.6 Å². The van der Waals surface area contributed by atoms with E-state index in [4.69, 9.17) is 16.3 Å². The number of benzene rings is 1. The lowest BCUT2D eigenvalue weighted by atomic mass is 9.86. The number of ether oxygens (including phenoxy) is 1. The maximum absolute atomic E-state index is 12.7. The maximum Gasteiger partial charge on any atom is 0.257 e. The van der Waals surface area contributed by atoms with Gasteiger partial charge in [-0.05, 0) is 37.6 Å². The molecule has 0 aromatic heterocycles. The van der Waals surface area contributed by atoms with Crippen LogP contribution < -0.4 is 10.1 Å². The predicted octanol–water partition coefficient (Wildman–Crippen LogP) is 2.60. The van der Waals surface area contributed by atoms with E-state index in [1.807, 2.05) is 4.90 Å². The van der Waals surface area contributed by atoms with E-state index in [2.05, 4.69) is 5.32 Å². The molecule has 2 fully saturated rings. The highest BCUT2D eigenvalue weighted by Crippen LogP contribution is 2.37. The molecule has 1 amide bonds. The highest BCUT2D eigenvalue weighted by Gasteiger charge is 2.42. The lowest BCUT2D eigenvalue weighted by Crippen LogP contribution is -2.33. The smallest absolute Gasteiger partial charge is 0.257 e. The zero-order chi connectivity index (χ0) is 14.2. The molecule has 0 radical (unpaired) electrons. The molecule has 3 rings (SSSR count). The number of nitrogens with zero attached hydrogens (tertiary/aromatic N) is 1. The van der Waals surface area contributed by atoms with Crippen LogP contribution in [0, 0.1) is 5.41 Å². The van der Waals surface area contributed by atoms with Crippen molar-refractivity contribution >= 4 is 29.9 Å². The summed E-state index contributed by atoms with van der Waals surface area (Å²) in [5, 5.41) is 3.98. The Labute approximate surface area is 136 Å². The van der Waals surface area contributed by atoms with Crippen molar-refractivity contribution in [3.63, 3.8) is 0 Å². The van der Waals surface area contributed by atoms with Crippen molar-refractivity contribution in [3.05, 3.63) is 28.8 Å². The lowest BCUT2D eigenvalue weighted by Gasteiger charge is -2.23. The molecule has 1 N–H and O–H groups in total. The third-order valence-corrected chi connectivity index (χ3v) is 4.69. The van der Waals surface area contributed by atoms with Crippen LogP contribution >= 0.6 is 24.0 Å². The van der Waals surface area contributed by atoms with Gasteiger partial charge < -0.3 is 15.0 Å². The summed E-state index contributed by atoms with van der Waals surface area (Å²) in [4.78, 5) is 14.6. The van der Waals surface area contributed by atoms with Gasteiger partial charge in [0.05, 0.1) is 12.7 Å². The Morgan fingerprint density at radius 3 is 2.90 bits per heavy atom. The molecule has 1 aromatic carbocycles. The van der Waals surface area contributed by atoms with Crippen molar-refractivity contribution in [2.24, 2.45) is 5.41 Å². The fourth-order valence-electron chi connectivity index (χ4n) is 3.26. The van der Waals surface area contributed by atoms with E-state index >= 15 is 0 Å². The van der Waals surface area contributed by atoms with E-state index in [0.29, 0.717) is 16.3 Å². The van der Waals surface area contributed by atoms with E-state index in [1.165, 1.54) is 0 Å².